The lowest BCUT2D eigenvalue weighted by molar-refractivity contribution is -0.0638. The molecule has 8 nitrogen and oxygen atoms in total. The molecule has 0 spiro atoms. The molecule has 2 aliphatic rings. The van der Waals surface area contributed by atoms with Gasteiger partial charge in [-0.25, -0.2) is 0 Å². The van der Waals surface area contributed by atoms with Crippen LogP contribution in [0.1, 0.15) is 29.0 Å². The highest BCUT2D eigenvalue weighted by Crippen LogP contribution is 2.32. The third-order valence-corrected chi connectivity index (χ3v) is 9.18. The Hall–Kier alpha value is -3.34. The molecule has 0 amide bonds. The Morgan fingerprint density at radius 3 is 2.17 bits per heavy atom. The highest BCUT2D eigenvalue weighted by Gasteiger charge is 2.36. The normalized spacial score (nSPS) is 20.3. The summed E-state index contributed by atoms with van der Waals surface area (Å²) < 4.78 is 25.2. The molecule has 2 saturated heterocycles. The van der Waals surface area contributed by atoms with E-state index in [-0.39, 0.29) is 18.1 Å². The average molecular weight is 656 g/mol. The molecule has 48 heavy (non-hydrogen) atoms. The van der Waals surface area contributed by atoms with Crippen LogP contribution in [0.5, 0.6) is 5.75 Å². The third-order valence-electron chi connectivity index (χ3n) is 9.18. The number of hydrogen-bond acceptors (Lipinski definition) is 8. The van der Waals surface area contributed by atoms with Gasteiger partial charge < -0.3 is 34.3 Å². The molecule has 2 fully saturated rings. The van der Waals surface area contributed by atoms with E-state index in [4.69, 9.17) is 24.1 Å². The van der Waals surface area contributed by atoms with Crippen LogP contribution in [0.2, 0.25) is 0 Å². The van der Waals surface area contributed by atoms with Crippen molar-refractivity contribution in [2.45, 2.75) is 37.8 Å². The lowest BCUT2D eigenvalue weighted by Crippen LogP contribution is -2.51. The van der Waals surface area contributed by atoms with E-state index >= 15 is 0 Å². The minimum Gasteiger partial charge on any atom is -0.494 e. The lowest BCUT2D eigenvalue weighted by atomic mass is 9.85. The fourth-order valence-electron chi connectivity index (χ4n) is 6.45. The average Bonchev–Trinajstić information content (AvgIpc) is 3.14. The number of benzene rings is 4. The van der Waals surface area contributed by atoms with Crippen molar-refractivity contribution < 1.29 is 24.1 Å². The maximum absolute atomic E-state index is 7.00. The maximum atomic E-state index is 7.00. The molecule has 2 aliphatic heterocycles. The SMILES string of the molecule is CN1CCN(CCOC2CNCC(OCc3ccc4ccccc4c3)C2c2ccc(OCCCOCc3ccccc3)cc2)CC1.CO. The predicted octanol–water partition coefficient (Wildman–Crippen LogP) is 5.34. The van der Waals surface area contributed by atoms with Gasteiger partial charge in [-0.15, -0.1) is 0 Å². The van der Waals surface area contributed by atoms with Crippen molar-refractivity contribution >= 4 is 10.8 Å². The largest absolute Gasteiger partial charge is 0.494 e. The zero-order chi connectivity index (χ0) is 33.4. The van der Waals surface area contributed by atoms with Gasteiger partial charge in [0.25, 0.3) is 0 Å². The third kappa shape index (κ3) is 10.8. The van der Waals surface area contributed by atoms with Crippen LogP contribution in [-0.4, -0.2) is 107 Å². The molecule has 2 heterocycles. The predicted molar refractivity (Wildman–Crippen MR) is 193 cm³/mol. The van der Waals surface area contributed by atoms with Gasteiger partial charge in [-0.3, -0.25) is 4.90 Å². The standard InChI is InChI=1S/C39H49N3O4.CH4O/c1-41-18-20-42(21-19-41)22-25-45-37-27-40-28-38(46-30-32-12-13-33-10-5-6-11-35(33)26-32)39(37)34-14-16-36(17-15-34)44-24-7-23-43-29-31-8-3-2-4-9-31;1-2/h2-6,8-17,26,37-40H,7,18-25,27-30H2,1H3;2H,1H3. The molecule has 258 valence electrons. The van der Waals surface area contributed by atoms with Gasteiger partial charge in [-0.1, -0.05) is 78.9 Å². The second-order valence-corrected chi connectivity index (χ2v) is 12.6. The number of piperidine rings is 1. The first-order valence-corrected chi connectivity index (χ1v) is 17.3. The number of fused-ring (bicyclic) bond motifs is 1. The second kappa shape index (κ2) is 19.6. The Balaban J connectivity index is 0.00000221. The Bertz CT molecular complexity index is 1460. The summed E-state index contributed by atoms with van der Waals surface area (Å²) in [5.74, 6) is 0.997. The first-order valence-electron chi connectivity index (χ1n) is 17.3. The van der Waals surface area contributed by atoms with Gasteiger partial charge in [0, 0.05) is 65.3 Å². The van der Waals surface area contributed by atoms with Crippen LogP contribution in [-0.2, 0) is 27.4 Å². The number of ether oxygens (including phenoxy) is 4. The summed E-state index contributed by atoms with van der Waals surface area (Å²) in [7, 11) is 3.20. The number of piperazine rings is 1. The number of aliphatic hydroxyl groups excluding tert-OH is 1. The summed E-state index contributed by atoms with van der Waals surface area (Å²) in [6.45, 7) is 10.2. The topological polar surface area (TPSA) is 75.7 Å². The number of likely N-dealkylation sites (N-methyl/N-ethyl adjacent to an activating group) is 1. The monoisotopic (exact) mass is 655 g/mol. The molecule has 3 unspecified atom stereocenters. The van der Waals surface area contributed by atoms with Gasteiger partial charge in [0.05, 0.1) is 45.2 Å². The van der Waals surface area contributed by atoms with E-state index in [0.717, 1.165) is 71.7 Å². The molecule has 6 rings (SSSR count). The van der Waals surface area contributed by atoms with Crippen molar-refractivity contribution in [3.8, 4) is 5.75 Å². The maximum Gasteiger partial charge on any atom is 0.119 e. The first-order chi connectivity index (χ1) is 23.7. The molecule has 3 atom stereocenters. The van der Waals surface area contributed by atoms with Crippen molar-refractivity contribution in [1.82, 2.24) is 15.1 Å². The van der Waals surface area contributed by atoms with Crippen molar-refractivity contribution in [2.24, 2.45) is 0 Å². The van der Waals surface area contributed by atoms with Gasteiger partial charge in [0.15, 0.2) is 0 Å². The Morgan fingerprint density at radius 2 is 1.40 bits per heavy atom. The van der Waals surface area contributed by atoms with Crippen molar-refractivity contribution in [3.63, 3.8) is 0 Å². The van der Waals surface area contributed by atoms with Gasteiger partial charge >= 0.3 is 0 Å². The van der Waals surface area contributed by atoms with E-state index in [2.05, 4.69) is 101 Å². The molecule has 2 N–H and O–H groups in total. The van der Waals surface area contributed by atoms with Gasteiger partial charge in [-0.2, -0.15) is 0 Å². The van der Waals surface area contributed by atoms with Crippen LogP contribution >= 0.6 is 0 Å². The van der Waals surface area contributed by atoms with E-state index in [1.54, 1.807) is 0 Å². The van der Waals surface area contributed by atoms with Crippen molar-refractivity contribution in [2.75, 3.05) is 79.8 Å². The number of aliphatic hydroxyl groups is 1. The van der Waals surface area contributed by atoms with Crippen LogP contribution in [0.25, 0.3) is 10.8 Å². The van der Waals surface area contributed by atoms with Crippen LogP contribution in [0.15, 0.2) is 97.1 Å². The molecule has 0 radical (unpaired) electrons. The molecule has 8 heteroatoms. The minimum absolute atomic E-state index is 0.0117. The molecule has 0 saturated carbocycles. The molecule has 0 aromatic heterocycles. The highest BCUT2D eigenvalue weighted by atomic mass is 16.5. The summed E-state index contributed by atoms with van der Waals surface area (Å²) in [6, 6.07) is 33.9. The zero-order valence-corrected chi connectivity index (χ0v) is 28.6. The molecular weight excluding hydrogens is 602 g/mol. The smallest absolute Gasteiger partial charge is 0.119 e. The molecular formula is C40H53N3O5. The van der Waals surface area contributed by atoms with E-state index in [9.17, 15) is 0 Å². The first kappa shape index (κ1) is 36.0. The van der Waals surface area contributed by atoms with E-state index in [0.29, 0.717) is 26.4 Å². The highest BCUT2D eigenvalue weighted by molar-refractivity contribution is 5.82. The zero-order valence-electron chi connectivity index (χ0n) is 28.6. The van der Waals surface area contributed by atoms with Crippen LogP contribution in [0.4, 0.5) is 0 Å². The Morgan fingerprint density at radius 1 is 0.688 bits per heavy atom. The summed E-state index contributed by atoms with van der Waals surface area (Å²) in [6.07, 6.45) is 0.857. The molecule has 0 aliphatic carbocycles. The minimum atomic E-state index is -0.0117. The second-order valence-electron chi connectivity index (χ2n) is 12.6. The van der Waals surface area contributed by atoms with Crippen LogP contribution in [0, 0.1) is 0 Å². The molecule has 4 aromatic carbocycles. The summed E-state index contributed by atoms with van der Waals surface area (Å²) >= 11 is 0. The number of nitrogens with one attached hydrogen (secondary N) is 1. The fourth-order valence-corrected chi connectivity index (χ4v) is 6.45. The van der Waals surface area contributed by atoms with Crippen molar-refractivity contribution in [3.05, 3.63) is 114 Å². The van der Waals surface area contributed by atoms with Gasteiger partial charge in [0.2, 0.25) is 0 Å². The van der Waals surface area contributed by atoms with E-state index < -0.39 is 0 Å². The lowest BCUT2D eigenvalue weighted by Gasteiger charge is -2.39. The summed E-state index contributed by atoms with van der Waals surface area (Å²) in [5.41, 5.74) is 3.61. The van der Waals surface area contributed by atoms with Gasteiger partial charge in [0.1, 0.15) is 5.75 Å². The fraction of sp³-hybridized carbons (Fsp3) is 0.450. The molecule has 4 aromatic rings. The van der Waals surface area contributed by atoms with Crippen LogP contribution < -0.4 is 10.1 Å². The number of nitrogens with zero attached hydrogens (tertiary/aromatic N) is 2. The van der Waals surface area contributed by atoms with Gasteiger partial charge in [-0.05, 0) is 52.7 Å². The Kier molecular flexibility index (Phi) is 14.7. The quantitative estimate of drug-likeness (QED) is 0.167. The summed E-state index contributed by atoms with van der Waals surface area (Å²) in [5, 5.41) is 13.1. The van der Waals surface area contributed by atoms with E-state index in [1.807, 2.05) is 18.2 Å². The van der Waals surface area contributed by atoms with E-state index in [1.165, 1.54) is 27.5 Å². The summed E-state index contributed by atoms with van der Waals surface area (Å²) in [4.78, 5) is 4.90. The Labute approximate surface area is 286 Å². The molecule has 0 bridgehead atoms. The number of rotatable bonds is 15. The number of hydrogen-bond donors (Lipinski definition) is 2. The van der Waals surface area contributed by atoms with Crippen molar-refractivity contribution in [1.29, 1.82) is 0 Å². The van der Waals surface area contributed by atoms with Crippen LogP contribution in [0.3, 0.4) is 0 Å².